The second-order valence-corrected chi connectivity index (χ2v) is 5.52. The molecule has 0 atom stereocenters. The molecule has 2 heterocycles. The summed E-state index contributed by atoms with van der Waals surface area (Å²) >= 11 is 0. The Kier molecular flexibility index (Phi) is 6.94. The van der Waals surface area contributed by atoms with E-state index < -0.39 is 0 Å². The van der Waals surface area contributed by atoms with Crippen molar-refractivity contribution in [1.82, 2.24) is 30.4 Å². The summed E-state index contributed by atoms with van der Waals surface area (Å²) < 4.78 is 2.04. The summed E-state index contributed by atoms with van der Waals surface area (Å²) in [4.78, 5) is 8.87. The Hall–Kier alpha value is -2.70. The summed E-state index contributed by atoms with van der Waals surface area (Å²) in [6.45, 7) is 10.7. The van der Waals surface area contributed by atoms with Crippen LogP contribution < -0.4 is 10.6 Å². The molecule has 0 spiro atoms. The van der Waals surface area contributed by atoms with Gasteiger partial charge in [-0.2, -0.15) is 0 Å². The van der Waals surface area contributed by atoms with E-state index in [4.69, 9.17) is 0 Å². The van der Waals surface area contributed by atoms with Gasteiger partial charge in [-0.25, -0.2) is 4.99 Å². The first-order valence-corrected chi connectivity index (χ1v) is 8.12. The molecule has 0 saturated heterocycles. The van der Waals surface area contributed by atoms with Crippen molar-refractivity contribution in [2.24, 2.45) is 4.99 Å². The molecule has 0 aromatic carbocycles. The van der Waals surface area contributed by atoms with Crippen molar-refractivity contribution in [3.05, 3.63) is 54.4 Å². The molecule has 0 saturated carbocycles. The van der Waals surface area contributed by atoms with Gasteiger partial charge in [-0.15, -0.1) is 10.2 Å². The molecule has 2 aromatic heterocycles. The zero-order chi connectivity index (χ0) is 17.2. The number of rotatable bonds is 8. The van der Waals surface area contributed by atoms with E-state index in [0.29, 0.717) is 13.1 Å². The number of guanidine groups is 1. The predicted octanol–water partition coefficient (Wildman–Crippen LogP) is 1.55. The van der Waals surface area contributed by atoms with Gasteiger partial charge in [0.2, 0.25) is 0 Å². The lowest BCUT2D eigenvalue weighted by atomic mass is 10.3. The average molecular weight is 327 g/mol. The summed E-state index contributed by atoms with van der Waals surface area (Å²) in [5.74, 6) is 1.73. The van der Waals surface area contributed by atoms with Gasteiger partial charge < -0.3 is 15.2 Å². The number of hydrogen-bond acceptors (Lipinski definition) is 4. The molecule has 0 radical (unpaired) electrons. The Bertz CT molecular complexity index is 661. The van der Waals surface area contributed by atoms with E-state index in [-0.39, 0.29) is 0 Å². The minimum atomic E-state index is 0.527. The molecular formula is C17H25N7. The third-order valence-electron chi connectivity index (χ3n) is 3.34. The standard InChI is InChI=1S/C17H25N7/c1-4-16-23-22-13-24(16)10-9-19-17(20-11-14(2)3)21-12-15-7-5-6-8-18-15/h5-8,13H,2,4,9-12H2,1,3H3,(H2,19,20,21). The highest BCUT2D eigenvalue weighted by molar-refractivity contribution is 5.79. The lowest BCUT2D eigenvalue weighted by Gasteiger charge is -2.13. The Labute approximate surface area is 142 Å². The molecular weight excluding hydrogens is 302 g/mol. The Balaban J connectivity index is 1.91. The van der Waals surface area contributed by atoms with E-state index in [1.165, 1.54) is 0 Å². The molecule has 128 valence electrons. The summed E-state index contributed by atoms with van der Waals surface area (Å²) in [6, 6.07) is 5.82. The van der Waals surface area contributed by atoms with Gasteiger partial charge in [-0.3, -0.25) is 4.98 Å². The summed E-state index contributed by atoms with van der Waals surface area (Å²) in [5, 5.41) is 14.6. The number of hydrogen-bond donors (Lipinski definition) is 2. The number of aliphatic imine (C=N–C) groups is 1. The Morgan fingerprint density at radius 1 is 1.33 bits per heavy atom. The first kappa shape index (κ1) is 17.7. The van der Waals surface area contributed by atoms with Gasteiger partial charge in [0.05, 0.1) is 12.2 Å². The van der Waals surface area contributed by atoms with Crippen LogP contribution in [0.5, 0.6) is 0 Å². The van der Waals surface area contributed by atoms with Crippen LogP contribution in [0.3, 0.4) is 0 Å². The van der Waals surface area contributed by atoms with Crippen molar-refractivity contribution >= 4 is 5.96 Å². The average Bonchev–Trinajstić information content (AvgIpc) is 3.05. The monoisotopic (exact) mass is 327 g/mol. The number of pyridine rings is 1. The van der Waals surface area contributed by atoms with Crippen molar-refractivity contribution < 1.29 is 0 Å². The van der Waals surface area contributed by atoms with E-state index in [1.54, 1.807) is 12.5 Å². The van der Waals surface area contributed by atoms with Crippen LogP contribution in [0, 0.1) is 0 Å². The van der Waals surface area contributed by atoms with Crippen molar-refractivity contribution in [2.45, 2.75) is 33.4 Å². The lowest BCUT2D eigenvalue weighted by Crippen LogP contribution is -2.39. The lowest BCUT2D eigenvalue weighted by molar-refractivity contribution is 0.633. The third kappa shape index (κ3) is 5.83. The van der Waals surface area contributed by atoms with E-state index in [2.05, 4.69) is 44.3 Å². The normalized spacial score (nSPS) is 11.3. The van der Waals surface area contributed by atoms with E-state index in [1.807, 2.05) is 29.7 Å². The van der Waals surface area contributed by atoms with Crippen molar-refractivity contribution in [1.29, 1.82) is 0 Å². The first-order chi connectivity index (χ1) is 11.7. The Morgan fingerprint density at radius 2 is 2.21 bits per heavy atom. The zero-order valence-electron chi connectivity index (χ0n) is 14.4. The van der Waals surface area contributed by atoms with Crippen LogP contribution in [0.25, 0.3) is 0 Å². The molecule has 0 unspecified atom stereocenters. The minimum absolute atomic E-state index is 0.527. The molecule has 0 aliphatic rings. The molecule has 7 heteroatoms. The minimum Gasteiger partial charge on any atom is -0.355 e. The molecule has 0 amide bonds. The largest absolute Gasteiger partial charge is 0.355 e. The maximum atomic E-state index is 4.58. The second-order valence-electron chi connectivity index (χ2n) is 5.52. The molecule has 2 N–H and O–H groups in total. The van der Waals surface area contributed by atoms with Gasteiger partial charge in [0.25, 0.3) is 0 Å². The zero-order valence-corrected chi connectivity index (χ0v) is 14.4. The number of aryl methyl sites for hydroxylation is 1. The highest BCUT2D eigenvalue weighted by Gasteiger charge is 2.03. The predicted molar refractivity (Wildman–Crippen MR) is 95.6 cm³/mol. The fourth-order valence-electron chi connectivity index (χ4n) is 2.09. The van der Waals surface area contributed by atoms with Gasteiger partial charge >= 0.3 is 0 Å². The number of aromatic nitrogens is 4. The topological polar surface area (TPSA) is 80.0 Å². The summed E-state index contributed by atoms with van der Waals surface area (Å²) in [5.41, 5.74) is 1.98. The maximum Gasteiger partial charge on any atom is 0.191 e. The molecule has 2 rings (SSSR count). The molecule has 0 aliphatic carbocycles. The number of nitrogens with one attached hydrogen (secondary N) is 2. The van der Waals surface area contributed by atoms with Crippen LogP contribution in [0.1, 0.15) is 25.4 Å². The van der Waals surface area contributed by atoms with Gasteiger partial charge in [0.1, 0.15) is 12.2 Å². The fraction of sp³-hybridized carbons (Fsp3) is 0.412. The molecule has 0 bridgehead atoms. The number of nitrogens with zero attached hydrogens (tertiary/aromatic N) is 5. The smallest absolute Gasteiger partial charge is 0.191 e. The Morgan fingerprint density at radius 3 is 2.92 bits per heavy atom. The van der Waals surface area contributed by atoms with E-state index in [9.17, 15) is 0 Å². The van der Waals surface area contributed by atoms with Crippen LogP contribution in [0.15, 0.2) is 47.9 Å². The SMILES string of the molecule is C=C(C)CNC(=NCc1ccccn1)NCCn1cnnc1CC. The van der Waals surface area contributed by atoms with Crippen molar-refractivity contribution in [3.63, 3.8) is 0 Å². The highest BCUT2D eigenvalue weighted by Crippen LogP contribution is 1.97. The highest BCUT2D eigenvalue weighted by atomic mass is 15.3. The van der Waals surface area contributed by atoms with Crippen molar-refractivity contribution in [2.75, 3.05) is 13.1 Å². The van der Waals surface area contributed by atoms with Crippen LogP contribution in [-0.2, 0) is 19.5 Å². The molecule has 2 aromatic rings. The maximum absolute atomic E-state index is 4.58. The van der Waals surface area contributed by atoms with Gasteiger partial charge in [-0.1, -0.05) is 25.1 Å². The molecule has 0 aliphatic heterocycles. The van der Waals surface area contributed by atoms with Crippen LogP contribution in [0.4, 0.5) is 0 Å². The molecule has 7 nitrogen and oxygen atoms in total. The van der Waals surface area contributed by atoms with Crippen LogP contribution in [0.2, 0.25) is 0 Å². The summed E-state index contributed by atoms with van der Waals surface area (Å²) in [7, 11) is 0. The van der Waals surface area contributed by atoms with E-state index >= 15 is 0 Å². The van der Waals surface area contributed by atoms with E-state index in [0.717, 1.165) is 42.6 Å². The molecule has 24 heavy (non-hydrogen) atoms. The third-order valence-corrected chi connectivity index (χ3v) is 3.34. The van der Waals surface area contributed by atoms with Gasteiger partial charge in [-0.05, 0) is 19.1 Å². The van der Waals surface area contributed by atoms with Crippen molar-refractivity contribution in [3.8, 4) is 0 Å². The second kappa shape index (κ2) is 9.44. The van der Waals surface area contributed by atoms with Gasteiger partial charge in [0.15, 0.2) is 5.96 Å². The van der Waals surface area contributed by atoms with Crippen LogP contribution >= 0.6 is 0 Å². The first-order valence-electron chi connectivity index (χ1n) is 8.12. The molecule has 0 fully saturated rings. The quantitative estimate of drug-likeness (QED) is 0.437. The summed E-state index contributed by atoms with van der Waals surface area (Å²) in [6.07, 6.45) is 4.40. The van der Waals surface area contributed by atoms with Crippen LogP contribution in [-0.4, -0.2) is 38.8 Å². The fourth-order valence-corrected chi connectivity index (χ4v) is 2.09. The van der Waals surface area contributed by atoms with Gasteiger partial charge in [0, 0.05) is 32.3 Å².